The molecule has 28 heavy (non-hydrogen) atoms. The summed E-state index contributed by atoms with van der Waals surface area (Å²) in [6.07, 6.45) is 24.5. The Morgan fingerprint density at radius 1 is 0.714 bits per heavy atom. The number of nitrogens with zero attached hydrogens (tertiary/aromatic N) is 1. The molecule has 0 amide bonds. The van der Waals surface area contributed by atoms with Gasteiger partial charge in [-0.25, -0.2) is 0 Å². The maximum atomic E-state index is 11.5. The zero-order valence-electron chi connectivity index (χ0n) is 18.7. The van der Waals surface area contributed by atoms with Crippen molar-refractivity contribution in [2.24, 2.45) is 0 Å². The molecule has 0 unspecified atom stereocenters. The molecule has 162 valence electrons. The summed E-state index contributed by atoms with van der Waals surface area (Å²) in [7, 11) is 0. The van der Waals surface area contributed by atoms with Crippen molar-refractivity contribution in [1.82, 2.24) is 4.57 Å². The van der Waals surface area contributed by atoms with Crippen molar-refractivity contribution in [2.75, 3.05) is 0 Å². The van der Waals surface area contributed by atoms with Crippen LogP contribution in [0.25, 0.3) is 0 Å². The van der Waals surface area contributed by atoms with Crippen LogP contribution in [0, 0.1) is 0 Å². The van der Waals surface area contributed by atoms with Crippen molar-refractivity contribution in [3.8, 4) is 5.75 Å². The number of rotatable bonds is 18. The van der Waals surface area contributed by atoms with E-state index in [2.05, 4.69) is 6.92 Å². The lowest BCUT2D eigenvalue weighted by Crippen LogP contribution is -2.12. The fourth-order valence-electron chi connectivity index (χ4n) is 4.02. The van der Waals surface area contributed by atoms with Gasteiger partial charge in [0.25, 0.3) is 0 Å². The Balaban J connectivity index is 1.91. The number of aromatic hydroxyl groups is 1. The van der Waals surface area contributed by atoms with Crippen LogP contribution in [0.15, 0.2) is 17.1 Å². The number of aryl methyl sites for hydroxylation is 1. The highest BCUT2D eigenvalue weighted by molar-refractivity contribution is 5.26. The second-order valence-corrected chi connectivity index (χ2v) is 8.33. The number of aromatic nitrogens is 1. The zero-order chi connectivity index (χ0) is 20.5. The molecule has 0 bridgehead atoms. The first-order valence-corrected chi connectivity index (χ1v) is 12.1. The quantitative estimate of drug-likeness (QED) is 0.265. The van der Waals surface area contributed by atoms with Gasteiger partial charge in [0.15, 0.2) is 5.75 Å². The molecular formula is C25H45NO2. The number of hydrogen-bond donors (Lipinski definition) is 1. The van der Waals surface area contributed by atoms with Crippen LogP contribution in [0.5, 0.6) is 5.75 Å². The van der Waals surface area contributed by atoms with Crippen LogP contribution in [0.4, 0.5) is 0 Å². The molecule has 0 saturated carbocycles. The van der Waals surface area contributed by atoms with E-state index in [-0.39, 0.29) is 11.2 Å². The van der Waals surface area contributed by atoms with Gasteiger partial charge < -0.3 is 9.67 Å². The molecule has 1 aromatic rings. The summed E-state index contributed by atoms with van der Waals surface area (Å²) >= 11 is 0. The molecule has 3 heteroatoms. The maximum Gasteiger partial charge on any atom is 0.223 e. The van der Waals surface area contributed by atoms with E-state index in [0.717, 1.165) is 18.7 Å². The van der Waals surface area contributed by atoms with E-state index < -0.39 is 0 Å². The third-order valence-electron chi connectivity index (χ3n) is 5.85. The van der Waals surface area contributed by atoms with Gasteiger partial charge in [0, 0.05) is 18.8 Å². The van der Waals surface area contributed by atoms with E-state index in [4.69, 9.17) is 0 Å². The van der Waals surface area contributed by atoms with E-state index in [1.165, 1.54) is 102 Å². The van der Waals surface area contributed by atoms with Gasteiger partial charge in [-0.2, -0.15) is 0 Å². The lowest BCUT2D eigenvalue weighted by atomic mass is 10.0. The highest BCUT2D eigenvalue weighted by atomic mass is 16.3. The number of hydrogen-bond acceptors (Lipinski definition) is 2. The van der Waals surface area contributed by atoms with Crippen LogP contribution < -0.4 is 5.43 Å². The normalized spacial score (nSPS) is 11.2. The average molecular weight is 392 g/mol. The van der Waals surface area contributed by atoms with Crippen LogP contribution in [0.2, 0.25) is 0 Å². The van der Waals surface area contributed by atoms with Crippen molar-refractivity contribution in [1.29, 1.82) is 0 Å². The van der Waals surface area contributed by atoms with Gasteiger partial charge in [0.1, 0.15) is 0 Å². The third-order valence-corrected chi connectivity index (χ3v) is 5.85. The molecule has 1 N–H and O–H groups in total. The van der Waals surface area contributed by atoms with Gasteiger partial charge in [0.05, 0.1) is 5.69 Å². The van der Waals surface area contributed by atoms with E-state index in [1.54, 1.807) is 0 Å². The fraction of sp³-hybridized carbons (Fsp3) is 0.800. The molecule has 3 nitrogen and oxygen atoms in total. The van der Waals surface area contributed by atoms with Gasteiger partial charge in [0.2, 0.25) is 5.43 Å². The predicted molar refractivity (Wildman–Crippen MR) is 121 cm³/mol. The number of pyridine rings is 1. The Morgan fingerprint density at radius 3 is 1.57 bits per heavy atom. The second-order valence-electron chi connectivity index (χ2n) is 8.33. The molecule has 0 spiro atoms. The summed E-state index contributed by atoms with van der Waals surface area (Å²) < 4.78 is 2.04. The van der Waals surface area contributed by atoms with E-state index in [1.807, 2.05) is 17.7 Å². The molecule has 1 rings (SSSR count). The molecule has 1 heterocycles. The summed E-state index contributed by atoms with van der Waals surface area (Å²) in [6.45, 7) is 5.16. The highest BCUT2D eigenvalue weighted by Gasteiger charge is 2.07. The zero-order valence-corrected chi connectivity index (χ0v) is 18.7. The first-order valence-electron chi connectivity index (χ1n) is 12.1. The van der Waals surface area contributed by atoms with Gasteiger partial charge in [-0.3, -0.25) is 4.79 Å². The van der Waals surface area contributed by atoms with Crippen LogP contribution in [-0.2, 0) is 13.0 Å². The second kappa shape index (κ2) is 16.7. The molecule has 0 aliphatic heterocycles. The molecule has 0 radical (unpaired) electrons. The Hall–Kier alpha value is -1.25. The summed E-state index contributed by atoms with van der Waals surface area (Å²) in [4.78, 5) is 11.5. The Kier molecular flexibility index (Phi) is 14.8. The molecule has 0 fully saturated rings. The minimum Gasteiger partial charge on any atom is -0.503 e. The molecule has 0 aliphatic rings. The van der Waals surface area contributed by atoms with Crippen molar-refractivity contribution >= 4 is 0 Å². The Labute approximate surface area is 173 Å². The minimum absolute atomic E-state index is 0.0681. The van der Waals surface area contributed by atoms with Crippen LogP contribution in [-0.4, -0.2) is 9.67 Å². The highest BCUT2D eigenvalue weighted by Crippen LogP contribution is 2.15. The Bertz CT molecular complexity index is 550. The summed E-state index contributed by atoms with van der Waals surface area (Å²) in [5, 5.41) is 9.88. The predicted octanol–water partition coefficient (Wildman–Crippen LogP) is 7.38. The standard InChI is InChI=1S/C25H45NO2/c1-3-5-6-7-8-9-10-11-12-13-14-15-16-17-18-19-21-26-22-20-24(27)25(28)23(26)4-2/h20,22,28H,3-19,21H2,1-2H3. The monoisotopic (exact) mass is 391 g/mol. The molecular weight excluding hydrogens is 346 g/mol. The van der Waals surface area contributed by atoms with Crippen molar-refractivity contribution in [3.05, 3.63) is 28.2 Å². The van der Waals surface area contributed by atoms with Crippen LogP contribution in [0.1, 0.15) is 122 Å². The summed E-state index contributed by atoms with van der Waals surface area (Å²) in [5.74, 6) is -0.0681. The molecule has 1 aromatic heterocycles. The maximum absolute atomic E-state index is 11.5. The van der Waals surface area contributed by atoms with Crippen LogP contribution >= 0.6 is 0 Å². The van der Waals surface area contributed by atoms with Gasteiger partial charge in [-0.05, 0) is 12.8 Å². The smallest absolute Gasteiger partial charge is 0.223 e. The van der Waals surface area contributed by atoms with Gasteiger partial charge in [-0.15, -0.1) is 0 Å². The van der Waals surface area contributed by atoms with Gasteiger partial charge >= 0.3 is 0 Å². The van der Waals surface area contributed by atoms with E-state index in [0.29, 0.717) is 6.42 Å². The lowest BCUT2D eigenvalue weighted by molar-refractivity contribution is 0.444. The molecule has 0 saturated heterocycles. The van der Waals surface area contributed by atoms with E-state index >= 15 is 0 Å². The SMILES string of the molecule is CCCCCCCCCCCCCCCCCCn1ccc(=O)c(O)c1CC. The minimum atomic E-state index is -0.264. The molecule has 0 atom stereocenters. The molecule has 0 aliphatic carbocycles. The molecule has 0 aromatic carbocycles. The summed E-state index contributed by atoms with van der Waals surface area (Å²) in [5.41, 5.74) is 0.508. The average Bonchev–Trinajstić information content (AvgIpc) is 2.70. The first kappa shape index (κ1) is 24.8. The fourth-order valence-corrected chi connectivity index (χ4v) is 4.02. The van der Waals surface area contributed by atoms with Crippen molar-refractivity contribution in [2.45, 2.75) is 130 Å². The van der Waals surface area contributed by atoms with Gasteiger partial charge in [-0.1, -0.05) is 110 Å². The lowest BCUT2D eigenvalue weighted by Gasteiger charge is -2.13. The first-order chi connectivity index (χ1) is 13.7. The van der Waals surface area contributed by atoms with E-state index in [9.17, 15) is 9.90 Å². The largest absolute Gasteiger partial charge is 0.503 e. The Morgan fingerprint density at radius 2 is 1.14 bits per heavy atom. The van der Waals surface area contributed by atoms with Crippen LogP contribution in [0.3, 0.4) is 0 Å². The van der Waals surface area contributed by atoms with Crippen molar-refractivity contribution < 1.29 is 5.11 Å². The van der Waals surface area contributed by atoms with Crippen molar-refractivity contribution in [3.63, 3.8) is 0 Å². The topological polar surface area (TPSA) is 42.2 Å². The third kappa shape index (κ3) is 10.9. The summed E-state index contributed by atoms with van der Waals surface area (Å²) in [6, 6.07) is 1.47. The number of unbranched alkanes of at least 4 members (excludes halogenated alkanes) is 15.